The van der Waals surface area contributed by atoms with Crippen LogP contribution in [0.1, 0.15) is 60.0 Å². The second kappa shape index (κ2) is 13.3. The number of halogens is 2. The molecule has 2 amide bonds. The van der Waals surface area contributed by atoms with Crippen molar-refractivity contribution >= 4 is 35.0 Å². The Balaban J connectivity index is 1.38. The molecule has 0 aliphatic carbocycles. The van der Waals surface area contributed by atoms with Crippen molar-refractivity contribution in [3.63, 3.8) is 0 Å². The van der Waals surface area contributed by atoms with Crippen LogP contribution in [0.25, 0.3) is 0 Å². The van der Waals surface area contributed by atoms with Gasteiger partial charge in [-0.2, -0.15) is 0 Å². The van der Waals surface area contributed by atoms with Crippen molar-refractivity contribution in [3.8, 4) is 0 Å². The number of hydrogen-bond donors (Lipinski definition) is 2. The zero-order valence-electron chi connectivity index (χ0n) is 21.8. The first-order valence-corrected chi connectivity index (χ1v) is 14.0. The van der Waals surface area contributed by atoms with E-state index in [0.717, 1.165) is 56.4 Å². The average Bonchev–Trinajstić information content (AvgIpc) is 2.93. The molecule has 0 aromatic heterocycles. The van der Waals surface area contributed by atoms with Gasteiger partial charge in [-0.3, -0.25) is 9.59 Å². The van der Waals surface area contributed by atoms with E-state index in [1.54, 1.807) is 6.92 Å². The molecule has 0 radical (unpaired) electrons. The van der Waals surface area contributed by atoms with Crippen molar-refractivity contribution < 1.29 is 9.59 Å². The van der Waals surface area contributed by atoms with Crippen molar-refractivity contribution in [1.29, 1.82) is 0 Å². The lowest BCUT2D eigenvalue weighted by atomic mass is 9.80. The van der Waals surface area contributed by atoms with Gasteiger partial charge in [0.2, 0.25) is 5.91 Å². The number of hydrogen-bond acceptors (Lipinski definition) is 3. The van der Waals surface area contributed by atoms with Crippen molar-refractivity contribution in [2.75, 3.05) is 26.2 Å². The normalized spacial score (nSPS) is 16.0. The molecule has 38 heavy (non-hydrogen) atoms. The molecular weight excluding hydrogens is 517 g/mol. The maximum atomic E-state index is 12.5. The number of benzene rings is 3. The first-order valence-electron chi connectivity index (χ1n) is 13.2. The van der Waals surface area contributed by atoms with Crippen LogP contribution < -0.4 is 10.6 Å². The maximum Gasteiger partial charge on any atom is 0.251 e. The van der Waals surface area contributed by atoms with Gasteiger partial charge in [-0.05, 0) is 73.5 Å². The summed E-state index contributed by atoms with van der Waals surface area (Å²) >= 11 is 12.5. The predicted octanol–water partition coefficient (Wildman–Crippen LogP) is 6.41. The lowest BCUT2D eigenvalue weighted by Crippen LogP contribution is -2.52. The summed E-state index contributed by atoms with van der Waals surface area (Å²) in [6.45, 7) is 4.87. The van der Waals surface area contributed by atoms with Gasteiger partial charge in [0.05, 0.1) is 15.6 Å². The van der Waals surface area contributed by atoms with E-state index < -0.39 is 0 Å². The van der Waals surface area contributed by atoms with Gasteiger partial charge in [-0.25, -0.2) is 0 Å². The minimum atomic E-state index is -0.325. The Hall–Kier alpha value is -2.86. The zero-order chi connectivity index (χ0) is 27.0. The molecule has 1 aliphatic rings. The van der Waals surface area contributed by atoms with Crippen LogP contribution in [0.15, 0.2) is 78.9 Å². The first kappa shape index (κ1) is 28.2. The smallest absolute Gasteiger partial charge is 0.251 e. The van der Waals surface area contributed by atoms with Crippen LogP contribution >= 0.6 is 23.2 Å². The molecule has 3 aromatic carbocycles. The molecule has 0 unspecified atom stereocenters. The van der Waals surface area contributed by atoms with E-state index in [-0.39, 0.29) is 23.3 Å². The summed E-state index contributed by atoms with van der Waals surface area (Å²) in [6.07, 6.45) is 3.45. The van der Waals surface area contributed by atoms with Crippen LogP contribution in [0.5, 0.6) is 0 Å². The number of rotatable bonds is 10. The second-order valence-electron chi connectivity index (χ2n) is 10.0. The third kappa shape index (κ3) is 7.37. The van der Waals surface area contributed by atoms with Crippen molar-refractivity contribution in [3.05, 3.63) is 106 Å². The number of nitrogens with one attached hydrogen (secondary N) is 2. The highest BCUT2D eigenvalue weighted by atomic mass is 35.5. The molecule has 4 rings (SSSR count). The number of piperidine rings is 1. The molecule has 5 nitrogen and oxygen atoms in total. The summed E-state index contributed by atoms with van der Waals surface area (Å²) in [5.41, 5.74) is 2.63. The largest absolute Gasteiger partial charge is 0.352 e. The molecule has 1 saturated heterocycles. The quantitative estimate of drug-likeness (QED) is 0.306. The standard InChI is InChI=1S/C31H35Cl2N3O2/c1-23(37)35-31(27-10-6-3-7-11-27)16-20-36(21-17-31)19-15-24(26-12-13-28(32)29(33)22-26)14-18-34-30(38)25-8-4-2-5-9-25/h2-13,22,24H,14-21H2,1H3,(H,34,38)(H,35,37)/t24-/m0/s1. The molecule has 0 spiro atoms. The van der Waals surface area contributed by atoms with Crippen LogP contribution in [-0.2, 0) is 10.3 Å². The molecule has 7 heteroatoms. The lowest BCUT2D eigenvalue weighted by molar-refractivity contribution is -0.121. The summed E-state index contributed by atoms with van der Waals surface area (Å²) < 4.78 is 0. The minimum absolute atomic E-state index is 0.000431. The van der Waals surface area contributed by atoms with E-state index in [9.17, 15) is 9.59 Å². The maximum absolute atomic E-state index is 12.5. The van der Waals surface area contributed by atoms with E-state index in [0.29, 0.717) is 22.2 Å². The number of carbonyl (C=O) groups is 2. The van der Waals surface area contributed by atoms with E-state index in [1.165, 1.54) is 0 Å². The number of likely N-dealkylation sites (tertiary alicyclic amines) is 1. The summed E-state index contributed by atoms with van der Waals surface area (Å²) in [6, 6.07) is 25.4. The van der Waals surface area contributed by atoms with E-state index >= 15 is 0 Å². The number of carbonyl (C=O) groups excluding carboxylic acids is 2. The van der Waals surface area contributed by atoms with E-state index in [1.807, 2.05) is 66.7 Å². The van der Waals surface area contributed by atoms with Gasteiger partial charge in [-0.15, -0.1) is 0 Å². The lowest BCUT2D eigenvalue weighted by Gasteiger charge is -2.43. The molecule has 0 saturated carbocycles. The van der Waals surface area contributed by atoms with Crippen LogP contribution in [0, 0.1) is 0 Å². The second-order valence-corrected chi connectivity index (χ2v) is 10.9. The van der Waals surface area contributed by atoms with E-state index in [4.69, 9.17) is 23.2 Å². The van der Waals surface area contributed by atoms with E-state index in [2.05, 4.69) is 27.7 Å². The molecule has 3 aromatic rings. The van der Waals surface area contributed by atoms with Crippen LogP contribution in [-0.4, -0.2) is 42.9 Å². The third-order valence-electron chi connectivity index (χ3n) is 7.47. The fraction of sp³-hybridized carbons (Fsp3) is 0.355. The van der Waals surface area contributed by atoms with Crippen molar-refractivity contribution in [2.24, 2.45) is 0 Å². The SMILES string of the molecule is CC(=O)NC1(c2ccccc2)CCN(CC[C@H](CCNC(=O)c2ccccc2)c2ccc(Cl)c(Cl)c2)CC1. The molecule has 1 atom stereocenters. The molecule has 200 valence electrons. The highest BCUT2D eigenvalue weighted by Crippen LogP contribution is 2.34. The number of amides is 2. The summed E-state index contributed by atoms with van der Waals surface area (Å²) in [4.78, 5) is 27.1. The topological polar surface area (TPSA) is 61.4 Å². The van der Waals surface area contributed by atoms with Gasteiger partial charge < -0.3 is 15.5 Å². The summed E-state index contributed by atoms with van der Waals surface area (Å²) in [5.74, 6) is 0.154. The predicted molar refractivity (Wildman–Crippen MR) is 155 cm³/mol. The summed E-state index contributed by atoms with van der Waals surface area (Å²) in [7, 11) is 0. The zero-order valence-corrected chi connectivity index (χ0v) is 23.3. The average molecular weight is 553 g/mol. The Kier molecular flexibility index (Phi) is 9.84. The van der Waals surface area contributed by atoms with Crippen LogP contribution in [0.2, 0.25) is 10.0 Å². The van der Waals surface area contributed by atoms with Gasteiger partial charge in [0.15, 0.2) is 0 Å². The Bertz CT molecular complexity index is 1210. The van der Waals surface area contributed by atoms with Crippen molar-refractivity contribution in [2.45, 2.75) is 44.1 Å². The monoisotopic (exact) mass is 551 g/mol. The first-order chi connectivity index (χ1) is 18.4. The number of nitrogens with zero attached hydrogens (tertiary/aromatic N) is 1. The minimum Gasteiger partial charge on any atom is -0.352 e. The Morgan fingerprint density at radius 2 is 1.55 bits per heavy atom. The molecule has 2 N–H and O–H groups in total. The highest BCUT2D eigenvalue weighted by molar-refractivity contribution is 6.42. The molecule has 0 bridgehead atoms. The molecule has 1 heterocycles. The highest BCUT2D eigenvalue weighted by Gasteiger charge is 2.36. The fourth-order valence-electron chi connectivity index (χ4n) is 5.37. The van der Waals surface area contributed by atoms with Crippen LogP contribution in [0.4, 0.5) is 0 Å². The van der Waals surface area contributed by atoms with Gasteiger partial charge >= 0.3 is 0 Å². The molecule has 1 fully saturated rings. The van der Waals surface area contributed by atoms with Gasteiger partial charge in [0, 0.05) is 32.1 Å². The third-order valence-corrected chi connectivity index (χ3v) is 8.21. The Morgan fingerprint density at radius 1 is 0.895 bits per heavy atom. The van der Waals surface area contributed by atoms with Gasteiger partial charge in [-0.1, -0.05) is 77.8 Å². The van der Waals surface area contributed by atoms with Crippen LogP contribution in [0.3, 0.4) is 0 Å². The summed E-state index contributed by atoms with van der Waals surface area (Å²) in [5, 5.41) is 7.40. The Labute approximate surface area is 235 Å². The van der Waals surface area contributed by atoms with Gasteiger partial charge in [0.1, 0.15) is 0 Å². The Morgan fingerprint density at radius 3 is 2.18 bits per heavy atom. The van der Waals surface area contributed by atoms with Crippen molar-refractivity contribution in [1.82, 2.24) is 15.5 Å². The fourth-order valence-corrected chi connectivity index (χ4v) is 5.68. The molecule has 1 aliphatic heterocycles. The molecular formula is C31H35Cl2N3O2. The van der Waals surface area contributed by atoms with Gasteiger partial charge in [0.25, 0.3) is 5.91 Å².